The fraction of sp³-hybridized carbons (Fsp3) is 0.263. The highest BCUT2D eigenvalue weighted by Crippen LogP contribution is 2.12. The molecule has 2 rings (SSSR count). The molecule has 1 atom stereocenters. The summed E-state index contributed by atoms with van der Waals surface area (Å²) in [7, 11) is 0. The lowest BCUT2D eigenvalue weighted by Gasteiger charge is -2.13. The lowest BCUT2D eigenvalue weighted by atomic mass is 10.0. The summed E-state index contributed by atoms with van der Waals surface area (Å²) in [6.45, 7) is 4.21. The van der Waals surface area contributed by atoms with Crippen molar-refractivity contribution in [3.8, 4) is 0 Å². The third-order valence-corrected chi connectivity index (χ3v) is 3.60. The number of hydrogen-bond donors (Lipinski definition) is 1. The average molecular weight is 311 g/mol. The summed E-state index contributed by atoms with van der Waals surface area (Å²) in [5.41, 5.74) is 2.67. The van der Waals surface area contributed by atoms with Gasteiger partial charge in [0.1, 0.15) is 0 Å². The van der Waals surface area contributed by atoms with Crippen molar-refractivity contribution in [2.45, 2.75) is 19.8 Å². The molecule has 0 aliphatic rings. The first-order valence-electron chi connectivity index (χ1n) is 7.61. The van der Waals surface area contributed by atoms with Gasteiger partial charge in [0.15, 0.2) is 6.61 Å². The van der Waals surface area contributed by atoms with Crippen molar-refractivity contribution in [1.82, 2.24) is 5.32 Å². The van der Waals surface area contributed by atoms with Gasteiger partial charge in [-0.3, -0.25) is 4.79 Å². The predicted octanol–water partition coefficient (Wildman–Crippen LogP) is 3.07. The fourth-order valence-corrected chi connectivity index (χ4v) is 2.12. The van der Waals surface area contributed by atoms with Crippen LogP contribution in [-0.4, -0.2) is 25.0 Å². The molecule has 0 aromatic heterocycles. The Balaban J connectivity index is 1.75. The molecule has 120 valence electrons. The molecule has 0 radical (unpaired) electrons. The third kappa shape index (κ3) is 5.25. The van der Waals surface area contributed by atoms with Crippen LogP contribution in [0.5, 0.6) is 0 Å². The lowest BCUT2D eigenvalue weighted by Crippen LogP contribution is -2.31. The average Bonchev–Trinajstić information content (AvgIpc) is 2.59. The van der Waals surface area contributed by atoms with Crippen molar-refractivity contribution in [1.29, 1.82) is 0 Å². The van der Waals surface area contributed by atoms with Gasteiger partial charge in [-0.1, -0.05) is 55.0 Å². The SMILES string of the molecule is Cc1ccc(C(=O)OCC(=O)NC[C@H](C)c2ccccc2)cc1. The first kappa shape index (κ1) is 16.7. The van der Waals surface area contributed by atoms with Crippen LogP contribution in [0.15, 0.2) is 54.6 Å². The molecule has 4 heteroatoms. The monoisotopic (exact) mass is 311 g/mol. The molecule has 1 N–H and O–H groups in total. The Hall–Kier alpha value is -2.62. The molecule has 0 fully saturated rings. The van der Waals surface area contributed by atoms with Crippen molar-refractivity contribution >= 4 is 11.9 Å². The summed E-state index contributed by atoms with van der Waals surface area (Å²) in [5, 5.41) is 2.78. The highest BCUT2D eigenvalue weighted by Gasteiger charge is 2.11. The van der Waals surface area contributed by atoms with Crippen molar-refractivity contribution < 1.29 is 14.3 Å². The fourth-order valence-electron chi connectivity index (χ4n) is 2.12. The molecule has 0 unspecified atom stereocenters. The van der Waals surface area contributed by atoms with E-state index in [2.05, 4.69) is 5.32 Å². The number of amides is 1. The molecule has 0 saturated carbocycles. The number of ether oxygens (including phenoxy) is 1. The Kier molecular flexibility index (Phi) is 5.92. The summed E-state index contributed by atoms with van der Waals surface area (Å²) in [6.07, 6.45) is 0. The van der Waals surface area contributed by atoms with Crippen LogP contribution in [0.1, 0.15) is 34.3 Å². The zero-order valence-electron chi connectivity index (χ0n) is 13.4. The van der Waals surface area contributed by atoms with E-state index in [1.54, 1.807) is 12.1 Å². The molecule has 0 aliphatic heterocycles. The highest BCUT2D eigenvalue weighted by molar-refractivity contribution is 5.91. The minimum absolute atomic E-state index is 0.202. The second-order valence-electron chi connectivity index (χ2n) is 5.56. The summed E-state index contributed by atoms with van der Waals surface area (Å²) in [6, 6.07) is 17.0. The van der Waals surface area contributed by atoms with Gasteiger partial charge >= 0.3 is 5.97 Å². The number of rotatable bonds is 6. The Bertz CT molecular complexity index is 650. The summed E-state index contributed by atoms with van der Waals surface area (Å²) in [4.78, 5) is 23.6. The van der Waals surface area contributed by atoms with E-state index in [-0.39, 0.29) is 18.4 Å². The lowest BCUT2D eigenvalue weighted by molar-refractivity contribution is -0.124. The molecular formula is C19H21NO3. The topological polar surface area (TPSA) is 55.4 Å². The van der Waals surface area contributed by atoms with Gasteiger partial charge in [-0.25, -0.2) is 4.79 Å². The maximum Gasteiger partial charge on any atom is 0.338 e. The van der Waals surface area contributed by atoms with E-state index in [0.717, 1.165) is 11.1 Å². The number of aryl methyl sites for hydroxylation is 1. The normalized spacial score (nSPS) is 11.6. The summed E-state index contributed by atoms with van der Waals surface area (Å²) >= 11 is 0. The minimum Gasteiger partial charge on any atom is -0.452 e. The van der Waals surface area contributed by atoms with Gasteiger partial charge in [0.2, 0.25) is 0 Å². The zero-order valence-corrected chi connectivity index (χ0v) is 13.4. The largest absolute Gasteiger partial charge is 0.452 e. The van der Waals surface area contributed by atoms with Crippen molar-refractivity contribution in [3.63, 3.8) is 0 Å². The molecule has 0 spiro atoms. The minimum atomic E-state index is -0.490. The van der Waals surface area contributed by atoms with Gasteiger partial charge in [-0.05, 0) is 30.5 Å². The van der Waals surface area contributed by atoms with Crippen LogP contribution in [-0.2, 0) is 9.53 Å². The van der Waals surface area contributed by atoms with Crippen molar-refractivity contribution in [2.24, 2.45) is 0 Å². The van der Waals surface area contributed by atoms with E-state index in [4.69, 9.17) is 4.74 Å². The standard InChI is InChI=1S/C19H21NO3/c1-14-8-10-17(11-9-14)19(22)23-13-18(21)20-12-15(2)16-6-4-3-5-7-16/h3-11,15H,12-13H2,1-2H3,(H,20,21)/t15-/m0/s1. The van der Waals surface area contributed by atoms with Crippen LogP contribution in [0.2, 0.25) is 0 Å². The number of hydrogen-bond acceptors (Lipinski definition) is 3. The number of carbonyl (C=O) groups excluding carboxylic acids is 2. The maximum absolute atomic E-state index is 11.8. The quantitative estimate of drug-likeness (QED) is 0.834. The van der Waals surface area contributed by atoms with E-state index in [1.165, 1.54) is 0 Å². The van der Waals surface area contributed by atoms with Gasteiger partial charge in [0.05, 0.1) is 5.56 Å². The Labute approximate surface area is 136 Å². The van der Waals surface area contributed by atoms with Gasteiger partial charge < -0.3 is 10.1 Å². The van der Waals surface area contributed by atoms with Crippen LogP contribution in [0, 0.1) is 6.92 Å². The first-order valence-corrected chi connectivity index (χ1v) is 7.61. The van der Waals surface area contributed by atoms with Gasteiger partial charge in [-0.2, -0.15) is 0 Å². The van der Waals surface area contributed by atoms with E-state index >= 15 is 0 Å². The maximum atomic E-state index is 11.8. The molecule has 2 aromatic carbocycles. The molecule has 2 aromatic rings. The highest BCUT2D eigenvalue weighted by atomic mass is 16.5. The van der Waals surface area contributed by atoms with E-state index in [9.17, 15) is 9.59 Å². The molecule has 0 heterocycles. The Morgan fingerprint density at radius 2 is 1.70 bits per heavy atom. The van der Waals surface area contributed by atoms with Gasteiger partial charge in [0, 0.05) is 6.54 Å². The van der Waals surface area contributed by atoms with Crippen LogP contribution in [0.3, 0.4) is 0 Å². The predicted molar refractivity (Wildman–Crippen MR) is 89.3 cm³/mol. The first-order chi connectivity index (χ1) is 11.1. The zero-order chi connectivity index (χ0) is 16.7. The Morgan fingerprint density at radius 3 is 2.35 bits per heavy atom. The number of nitrogens with one attached hydrogen (secondary N) is 1. The van der Waals surface area contributed by atoms with Crippen LogP contribution < -0.4 is 5.32 Å². The molecule has 1 amide bonds. The van der Waals surface area contributed by atoms with Crippen LogP contribution in [0.4, 0.5) is 0 Å². The van der Waals surface area contributed by atoms with Crippen LogP contribution >= 0.6 is 0 Å². The summed E-state index contributed by atoms with van der Waals surface area (Å²) in [5.74, 6) is -0.586. The number of carbonyl (C=O) groups is 2. The molecular weight excluding hydrogens is 290 g/mol. The number of benzene rings is 2. The van der Waals surface area contributed by atoms with Crippen molar-refractivity contribution in [2.75, 3.05) is 13.2 Å². The molecule has 0 saturated heterocycles. The van der Waals surface area contributed by atoms with Gasteiger partial charge in [0.25, 0.3) is 5.91 Å². The molecule has 0 aliphatic carbocycles. The van der Waals surface area contributed by atoms with E-state index in [1.807, 2.05) is 56.3 Å². The second-order valence-corrected chi connectivity index (χ2v) is 5.56. The molecule has 23 heavy (non-hydrogen) atoms. The van der Waals surface area contributed by atoms with Crippen molar-refractivity contribution in [3.05, 3.63) is 71.3 Å². The van der Waals surface area contributed by atoms with Gasteiger partial charge in [-0.15, -0.1) is 0 Å². The smallest absolute Gasteiger partial charge is 0.338 e. The number of esters is 1. The third-order valence-electron chi connectivity index (χ3n) is 3.60. The van der Waals surface area contributed by atoms with Crippen LogP contribution in [0.25, 0.3) is 0 Å². The Morgan fingerprint density at radius 1 is 1.04 bits per heavy atom. The molecule has 4 nitrogen and oxygen atoms in total. The summed E-state index contributed by atoms with van der Waals surface area (Å²) < 4.78 is 5.02. The van der Waals surface area contributed by atoms with E-state index in [0.29, 0.717) is 12.1 Å². The second kappa shape index (κ2) is 8.13. The van der Waals surface area contributed by atoms with E-state index < -0.39 is 5.97 Å². The molecule has 0 bridgehead atoms.